The zero-order valence-corrected chi connectivity index (χ0v) is 80.1. The van der Waals surface area contributed by atoms with Crippen LogP contribution in [0.15, 0.2) is 68.5 Å². The predicted octanol–water partition coefficient (Wildman–Crippen LogP) is 2.19. The second-order valence-corrected chi connectivity index (χ2v) is 28.4. The summed E-state index contributed by atoms with van der Waals surface area (Å²) in [6.07, 6.45) is 0.746. The number of alkyl carbamates (subject to hydrolysis) is 3. The average Bonchev–Trinajstić information content (AvgIpc) is 0.897. The van der Waals surface area contributed by atoms with Gasteiger partial charge in [0.1, 0.15) is 106 Å². The largest absolute Gasteiger partial charge is 0.465 e. The molecule has 0 aromatic heterocycles. The lowest BCUT2D eigenvalue weighted by molar-refractivity contribution is -0.758. The van der Waals surface area contributed by atoms with E-state index in [9.17, 15) is 138 Å². The van der Waals surface area contributed by atoms with Gasteiger partial charge in [-0.25, -0.2) is 14.4 Å². The summed E-state index contributed by atoms with van der Waals surface area (Å²) in [5, 5.41) is 80.0. The van der Waals surface area contributed by atoms with Gasteiger partial charge < -0.3 is 128 Å². The van der Waals surface area contributed by atoms with Crippen LogP contribution >= 0.6 is 0 Å². The second kappa shape index (κ2) is 89.9. The molecule has 4 atom stereocenters. The van der Waals surface area contributed by atoms with Crippen LogP contribution in [0.2, 0.25) is 0 Å². The van der Waals surface area contributed by atoms with Crippen LogP contribution in [0.3, 0.4) is 0 Å². The van der Waals surface area contributed by atoms with Crippen molar-refractivity contribution in [3.63, 3.8) is 0 Å². The zero-order valence-electron chi connectivity index (χ0n) is 80.1. The van der Waals surface area contributed by atoms with E-state index in [4.69, 9.17) is 89.3 Å². The van der Waals surface area contributed by atoms with Gasteiger partial charge in [0.25, 0.3) is 66.6 Å². The monoisotopic (exact) mass is 2140 g/mol. The van der Waals surface area contributed by atoms with E-state index in [1.807, 2.05) is 0 Å². The van der Waals surface area contributed by atoms with Gasteiger partial charge in [0.05, 0.1) is 85.7 Å². The third-order valence-corrected chi connectivity index (χ3v) is 17.0. The Morgan fingerprint density at radius 1 is 0.284 bits per heavy atom. The smallest absolute Gasteiger partial charge is 0.410 e. The highest BCUT2D eigenvalue weighted by Crippen LogP contribution is 2.18. The number of rotatable bonds is 87. The van der Waals surface area contributed by atoms with E-state index in [0.29, 0.717) is 83.5 Å². The standard InChI is InChI=1S/C26H30N4O12.C21H37N5O12.C17H29N5O14.C15H25N5O12/c27-24(17-26(33)42-22-9-5-20(6-10-22)12-15-40-30(36)37)28-13-1-2-23(38-18-31)16-25(32)41-21-7-3-19(4-8-21)11-14-39-29(34)35;22-18(16-20(28)34-12-5-1-3-7-14-37-25(30)31)23-11-9-10-19(36-17-27)24-21(29)35-13-6-2-4-8-15-38-26(32)33;18-14(12-16(24)32-8-4-30-6-10-35-21(26)27)19-3-1-2-15(34-13-23)20-17(25)33-9-5-31-7-11-36-22(28)29;16-12(10-14(22)28-6-2-8-31-19(24)25)17-5-1-4-13(30-11-21)18-15(23)29-7-3-9-32-20(26)27/h3-10,18,23H,1-2,11-17H2,(H2,27,28);17,19H,1-16H2,(H2,22,23)(H,24,29);13,15H,1-12H2,(H2,18,19)(H,20,25);11,13H,1-10H2,(H2,16,17)(H,18,23). The normalized spacial score (nSPS) is 11.6. The molecule has 2 aromatic carbocycles. The number of hydrogen-bond acceptors (Lipinski definition) is 54. The van der Waals surface area contributed by atoms with E-state index in [1.165, 1.54) is 24.3 Å². The van der Waals surface area contributed by atoms with Crippen molar-refractivity contribution in [3.05, 3.63) is 141 Å². The molecule has 0 radical (unpaired) electrons. The Morgan fingerprint density at radius 2 is 0.541 bits per heavy atom. The minimum Gasteiger partial charge on any atom is -0.465 e. The van der Waals surface area contributed by atoms with Crippen LogP contribution in [0.1, 0.15) is 159 Å². The molecule has 4 unspecified atom stereocenters. The zero-order chi connectivity index (χ0) is 110. The summed E-state index contributed by atoms with van der Waals surface area (Å²) in [5.74, 6) is -2.47. The maximum atomic E-state index is 12.3. The maximum absolute atomic E-state index is 12.3. The third-order valence-electron chi connectivity index (χ3n) is 17.0. The van der Waals surface area contributed by atoms with Gasteiger partial charge in [-0.2, -0.15) is 0 Å². The molecule has 0 aliphatic rings. The quantitative estimate of drug-likeness (QED) is 0.00477. The van der Waals surface area contributed by atoms with Gasteiger partial charge in [0.2, 0.25) is 0 Å². The maximum Gasteiger partial charge on any atom is 0.410 e. The lowest BCUT2D eigenvalue weighted by Crippen LogP contribution is -2.37. The van der Waals surface area contributed by atoms with E-state index in [-0.39, 0.29) is 276 Å². The average molecular weight is 2140 g/mol. The summed E-state index contributed by atoms with van der Waals surface area (Å²) in [6, 6.07) is 12.7. The Labute approximate surface area is 839 Å². The van der Waals surface area contributed by atoms with Crippen molar-refractivity contribution in [1.82, 2.24) is 16.0 Å². The molecule has 832 valence electrons. The highest BCUT2D eigenvalue weighted by molar-refractivity contribution is 5.98. The molecular formula is C79H121N19O50. The van der Waals surface area contributed by atoms with Crippen LogP contribution in [-0.2, 0) is 152 Å². The number of amidine groups is 4. The van der Waals surface area contributed by atoms with Gasteiger partial charge in [-0.1, -0.05) is 37.1 Å². The van der Waals surface area contributed by atoms with Crippen molar-refractivity contribution in [2.45, 2.75) is 185 Å². The van der Waals surface area contributed by atoms with Crippen molar-refractivity contribution < 1.29 is 203 Å². The fourth-order valence-electron chi connectivity index (χ4n) is 10.4. The van der Waals surface area contributed by atoms with E-state index in [1.54, 1.807) is 24.3 Å². The summed E-state index contributed by atoms with van der Waals surface area (Å²) >= 11 is 0. The fourth-order valence-corrected chi connectivity index (χ4v) is 10.4. The number of nitrogens with one attached hydrogen (secondary N) is 3. The van der Waals surface area contributed by atoms with Gasteiger partial charge >= 0.3 is 48.1 Å². The Balaban J connectivity index is 0. The number of amides is 3. The summed E-state index contributed by atoms with van der Waals surface area (Å²) in [5.41, 5.74) is 24.3. The molecule has 0 aliphatic carbocycles. The number of carbonyl (C=O) groups is 12. The molecule has 2 aromatic rings. The lowest BCUT2D eigenvalue weighted by atomic mass is 10.1. The number of hydrogen-bond donors (Lipinski definition) is 7. The van der Waals surface area contributed by atoms with Crippen molar-refractivity contribution in [1.29, 1.82) is 0 Å². The third kappa shape index (κ3) is 90.2. The predicted molar refractivity (Wildman–Crippen MR) is 489 cm³/mol. The molecule has 0 saturated carbocycles. The minimum atomic E-state index is -1.00. The summed E-state index contributed by atoms with van der Waals surface area (Å²) in [4.78, 5) is 267. The number of benzene rings is 2. The van der Waals surface area contributed by atoms with Gasteiger partial charge in [-0.15, -0.1) is 80.9 Å². The molecule has 0 spiro atoms. The molecular weight excluding hydrogens is 2010 g/mol. The number of nitrogens with two attached hydrogens (primary N) is 4. The van der Waals surface area contributed by atoms with Crippen LogP contribution in [-0.4, -0.2) is 308 Å². The van der Waals surface area contributed by atoms with E-state index in [0.717, 1.165) is 17.5 Å². The van der Waals surface area contributed by atoms with Crippen LogP contribution in [0.4, 0.5) is 14.4 Å². The Morgan fingerprint density at radius 3 is 0.878 bits per heavy atom. The SMILES string of the molecule is NC(CC(=O)OCCCCCCO[N+](=O)[O-])=NCCCC(NC(=O)OCCCCCCO[N+](=O)[O-])OC=O.NC(CC(=O)OCCCO[N+](=O)[O-])=NCCCC(NC(=O)OCCCO[N+](=O)[O-])OC=O.NC(CC(=O)OCCOCCO[N+](=O)[O-])=NCCCC(NC(=O)OCCOCCO[N+](=O)[O-])OC=O.NC(CC(=O)Oc1ccc(CCO[N+](=O)[O-])cc1)=NCCCC(CC(=O)Oc1ccc(CCO[N+](=O)[O-])cc1)OC=O. The van der Waals surface area contributed by atoms with Crippen molar-refractivity contribution in [2.24, 2.45) is 42.9 Å². The van der Waals surface area contributed by atoms with Crippen molar-refractivity contribution >= 4 is 97.4 Å². The molecule has 69 nitrogen and oxygen atoms in total. The highest BCUT2D eigenvalue weighted by Gasteiger charge is 2.22. The fraction of sp³-hybridized carbons (Fsp3) is 0.646. The molecule has 3 amide bonds. The molecule has 69 heteroatoms. The van der Waals surface area contributed by atoms with Crippen molar-refractivity contribution in [3.8, 4) is 11.5 Å². The number of aliphatic imine (C=N–C) groups is 4. The van der Waals surface area contributed by atoms with Crippen LogP contribution in [0, 0.1) is 80.9 Å². The molecule has 0 heterocycles. The van der Waals surface area contributed by atoms with E-state index >= 15 is 0 Å². The number of carbonyl (C=O) groups excluding carboxylic acids is 12. The molecule has 0 fully saturated rings. The van der Waals surface area contributed by atoms with Crippen molar-refractivity contribution in [2.75, 3.05) is 145 Å². The molecule has 148 heavy (non-hydrogen) atoms. The first-order chi connectivity index (χ1) is 70.9. The second-order valence-electron chi connectivity index (χ2n) is 28.4. The first-order valence-electron chi connectivity index (χ1n) is 44.6. The summed E-state index contributed by atoms with van der Waals surface area (Å²) in [6.45, 7) is 0.152. The van der Waals surface area contributed by atoms with Gasteiger partial charge in [-0.3, -0.25) is 79.1 Å². The van der Waals surface area contributed by atoms with Gasteiger partial charge in [0, 0.05) is 58.3 Å². The number of esters is 5. The minimum absolute atomic E-state index is 0.00383. The molecule has 0 bridgehead atoms. The Kier molecular flexibility index (Phi) is 80.8. The van der Waals surface area contributed by atoms with Gasteiger partial charge in [0.15, 0.2) is 18.7 Å². The number of ether oxygens (including phenoxy) is 14. The molecule has 2 rings (SSSR count). The first-order valence-corrected chi connectivity index (χ1v) is 44.6. The number of unbranched alkanes of at least 4 members (excludes halogenated alkanes) is 6. The topological polar surface area (TPSA) is 943 Å². The number of nitrogens with zero attached hydrogens (tertiary/aromatic N) is 12. The summed E-state index contributed by atoms with van der Waals surface area (Å²) < 4.78 is 68.9. The molecule has 0 aliphatic heterocycles. The highest BCUT2D eigenvalue weighted by atomic mass is 17.0. The lowest BCUT2D eigenvalue weighted by Gasteiger charge is -2.16. The van der Waals surface area contributed by atoms with Crippen LogP contribution in [0.5, 0.6) is 11.5 Å². The molecule has 11 N–H and O–H groups in total. The first kappa shape index (κ1) is 133. The van der Waals surface area contributed by atoms with Crippen LogP contribution in [0.25, 0.3) is 0 Å². The van der Waals surface area contributed by atoms with Crippen LogP contribution < -0.4 is 48.4 Å². The Hall–Kier alpha value is -17.1. The Bertz CT molecular complexity index is 4360. The van der Waals surface area contributed by atoms with Gasteiger partial charge in [-0.05, 0) is 119 Å². The van der Waals surface area contributed by atoms with E-state index in [2.05, 4.69) is 74.6 Å². The summed E-state index contributed by atoms with van der Waals surface area (Å²) in [7, 11) is 0. The van der Waals surface area contributed by atoms with E-state index < -0.39 is 114 Å². The molecule has 0 saturated heterocycles.